The van der Waals surface area contributed by atoms with Crippen molar-refractivity contribution in [2.24, 2.45) is 34.5 Å². The maximum atomic E-state index is 14.8. The number of Topliss-reactive ketones (excluding diaryl/α,β-unsaturated/α-hetero) is 1. The normalized spacial score (nSPS) is 58.5. The molecule has 0 radical (unpaired) electrons. The summed E-state index contributed by atoms with van der Waals surface area (Å²) in [7, 11) is 0. The van der Waals surface area contributed by atoms with Gasteiger partial charge in [0.15, 0.2) is 28.4 Å². The number of ketones is 2. The van der Waals surface area contributed by atoms with Crippen LogP contribution in [-0.2, 0) is 38.1 Å². The van der Waals surface area contributed by atoms with E-state index < -0.39 is 75.1 Å². The molecule has 5 aliphatic heterocycles. The van der Waals surface area contributed by atoms with Crippen LogP contribution < -0.4 is 0 Å². The van der Waals surface area contributed by atoms with Crippen molar-refractivity contribution in [3.63, 3.8) is 0 Å². The predicted molar refractivity (Wildman–Crippen MR) is 122 cm³/mol. The first kappa shape index (κ1) is 22.6. The molecule has 5 bridgehead atoms. The van der Waals surface area contributed by atoms with E-state index in [1.807, 2.05) is 26.0 Å². The second-order valence-corrected chi connectivity index (χ2v) is 13.0. The fourth-order valence-electron chi connectivity index (χ4n) is 10.0. The summed E-state index contributed by atoms with van der Waals surface area (Å²) in [5.41, 5.74) is -6.43. The van der Waals surface area contributed by atoms with Crippen LogP contribution in [0.4, 0.5) is 0 Å². The zero-order valence-electron chi connectivity index (χ0n) is 21.1. The van der Waals surface area contributed by atoms with E-state index in [2.05, 4.69) is 0 Å². The Morgan fingerprint density at radius 1 is 1.08 bits per heavy atom. The molecule has 2 spiro atoms. The van der Waals surface area contributed by atoms with Gasteiger partial charge < -0.3 is 24.1 Å². The zero-order valence-corrected chi connectivity index (χ0v) is 21.1. The molecule has 0 aromatic rings. The first-order valence-electron chi connectivity index (χ1n) is 13.4. The van der Waals surface area contributed by atoms with E-state index in [4.69, 9.17) is 18.9 Å². The summed E-state index contributed by atoms with van der Waals surface area (Å²) < 4.78 is 25.1. The Morgan fingerprint density at radius 3 is 2.65 bits per heavy atom. The van der Waals surface area contributed by atoms with E-state index in [0.29, 0.717) is 25.7 Å². The first-order valence-corrected chi connectivity index (χ1v) is 13.4. The number of carbonyl (C=O) groups excluding carboxylic acids is 4. The van der Waals surface area contributed by atoms with Crippen LogP contribution >= 0.6 is 0 Å². The van der Waals surface area contributed by atoms with Gasteiger partial charge in [0, 0.05) is 5.92 Å². The molecule has 0 aromatic carbocycles. The molecule has 0 aromatic heterocycles. The standard InChI is InChI=1S/C28H30O9/c1-23-11-18-25(3)28-19(23)20(30)27(37-28,34-12-16(23)21(31)35-18)15-8-7-13-5-4-6-17(29)24(13,2)14(15)9-10-26(28,33)22(32)36-25/h4,6-7,14-16,18-19,33H,5,8-12H2,1-3H3/t14-,15+,16+,18-,19+,23-,24+,25+,26+,27-,28+/m1/s1. The van der Waals surface area contributed by atoms with E-state index in [-0.39, 0.29) is 24.6 Å². The molecule has 196 valence electrons. The van der Waals surface area contributed by atoms with Gasteiger partial charge in [-0.15, -0.1) is 0 Å². The summed E-state index contributed by atoms with van der Waals surface area (Å²) in [5, 5.41) is 12.4. The highest BCUT2D eigenvalue weighted by Crippen LogP contribution is 2.75. The molecule has 8 rings (SSSR count). The lowest BCUT2D eigenvalue weighted by molar-refractivity contribution is -0.374. The highest BCUT2D eigenvalue weighted by atomic mass is 16.8. The van der Waals surface area contributed by atoms with Crippen LogP contribution in [0.5, 0.6) is 0 Å². The number of hydrogen-bond donors (Lipinski definition) is 1. The second-order valence-electron chi connectivity index (χ2n) is 13.0. The molecule has 0 amide bonds. The third-order valence-corrected chi connectivity index (χ3v) is 12.0. The Hall–Kier alpha value is -2.36. The SMILES string of the molecule is C[C@]12C(=O)C=CCC1=CC[C@H]1[C@H]2CC[C@]2(O)C(=O)O[C@@]3(C)[C@H]4C[C@]5(C)[C@@H](CO[C@@]16O[C@@]32[C@H]5C6=O)C(=O)O4. The minimum absolute atomic E-state index is 0.0380. The van der Waals surface area contributed by atoms with Crippen molar-refractivity contribution < 1.29 is 43.2 Å². The summed E-state index contributed by atoms with van der Waals surface area (Å²) in [6.07, 6.45) is 6.24. The Bertz CT molecular complexity index is 1300. The van der Waals surface area contributed by atoms with Gasteiger partial charge in [-0.2, -0.15) is 0 Å². The fraction of sp³-hybridized carbons (Fsp3) is 0.714. The molecular weight excluding hydrogens is 480 g/mol. The van der Waals surface area contributed by atoms with Gasteiger partial charge >= 0.3 is 11.9 Å². The van der Waals surface area contributed by atoms with Crippen LogP contribution in [0.1, 0.15) is 52.9 Å². The van der Waals surface area contributed by atoms with Gasteiger partial charge in [-0.05, 0) is 63.4 Å². The van der Waals surface area contributed by atoms with E-state index >= 15 is 0 Å². The van der Waals surface area contributed by atoms with Gasteiger partial charge in [0.25, 0.3) is 0 Å². The Kier molecular flexibility index (Phi) is 3.73. The van der Waals surface area contributed by atoms with Crippen molar-refractivity contribution >= 4 is 23.5 Å². The van der Waals surface area contributed by atoms with Crippen molar-refractivity contribution in [3.05, 3.63) is 23.8 Å². The van der Waals surface area contributed by atoms with Gasteiger partial charge in [-0.25, -0.2) is 4.79 Å². The molecule has 9 heteroatoms. The summed E-state index contributed by atoms with van der Waals surface area (Å²) in [4.78, 5) is 55.2. The summed E-state index contributed by atoms with van der Waals surface area (Å²) in [6, 6.07) is 0. The highest BCUT2D eigenvalue weighted by molar-refractivity contribution is 6.01. The van der Waals surface area contributed by atoms with E-state index in [1.165, 1.54) is 0 Å². The Morgan fingerprint density at radius 2 is 1.86 bits per heavy atom. The van der Waals surface area contributed by atoms with E-state index in [1.54, 1.807) is 13.0 Å². The predicted octanol–water partition coefficient (Wildman–Crippen LogP) is 1.56. The molecule has 5 heterocycles. The third kappa shape index (κ3) is 1.97. The van der Waals surface area contributed by atoms with Gasteiger partial charge in [-0.3, -0.25) is 14.4 Å². The van der Waals surface area contributed by atoms with E-state index in [0.717, 1.165) is 5.57 Å². The number of carbonyl (C=O) groups is 4. The average molecular weight is 511 g/mol. The van der Waals surface area contributed by atoms with Crippen LogP contribution in [-0.4, -0.2) is 63.9 Å². The molecule has 11 atom stereocenters. The number of rotatable bonds is 0. The van der Waals surface area contributed by atoms with Gasteiger partial charge in [0.1, 0.15) is 6.10 Å². The van der Waals surface area contributed by atoms with Gasteiger partial charge in [-0.1, -0.05) is 24.6 Å². The van der Waals surface area contributed by atoms with Crippen molar-refractivity contribution in [1.82, 2.24) is 0 Å². The number of fused-ring (bicyclic) bond motifs is 5. The molecular formula is C28H30O9. The van der Waals surface area contributed by atoms with Crippen molar-refractivity contribution in [1.29, 1.82) is 0 Å². The molecule has 1 N–H and O–H groups in total. The van der Waals surface area contributed by atoms with Crippen molar-refractivity contribution in [2.45, 2.75) is 81.6 Å². The monoisotopic (exact) mass is 510 g/mol. The first-order chi connectivity index (χ1) is 17.4. The smallest absolute Gasteiger partial charge is 0.342 e. The van der Waals surface area contributed by atoms with Crippen LogP contribution in [0.3, 0.4) is 0 Å². The molecule has 8 aliphatic rings. The lowest BCUT2D eigenvalue weighted by atomic mass is 9.46. The number of aliphatic hydroxyl groups is 1. The molecule has 37 heavy (non-hydrogen) atoms. The lowest BCUT2D eigenvalue weighted by Gasteiger charge is -2.63. The summed E-state index contributed by atoms with van der Waals surface area (Å²) in [5.74, 6) is -6.36. The molecule has 1 saturated carbocycles. The minimum atomic E-state index is -2.17. The molecule has 6 fully saturated rings. The summed E-state index contributed by atoms with van der Waals surface area (Å²) >= 11 is 0. The van der Waals surface area contributed by atoms with Crippen molar-refractivity contribution in [3.8, 4) is 0 Å². The number of allylic oxidation sites excluding steroid dienone is 4. The maximum absolute atomic E-state index is 14.8. The number of hydrogen-bond acceptors (Lipinski definition) is 9. The molecule has 5 saturated heterocycles. The van der Waals surface area contributed by atoms with Crippen LogP contribution in [0.25, 0.3) is 0 Å². The molecule has 3 aliphatic carbocycles. The molecule has 9 nitrogen and oxygen atoms in total. The van der Waals surface area contributed by atoms with Gasteiger partial charge in [0.05, 0.1) is 23.9 Å². The minimum Gasteiger partial charge on any atom is -0.458 e. The van der Waals surface area contributed by atoms with E-state index in [9.17, 15) is 24.3 Å². The fourth-order valence-corrected chi connectivity index (χ4v) is 10.0. The second kappa shape index (κ2) is 6.10. The topological polar surface area (TPSA) is 125 Å². The van der Waals surface area contributed by atoms with Crippen LogP contribution in [0, 0.1) is 34.5 Å². The Balaban J connectivity index is 1.43. The number of esters is 2. The lowest BCUT2D eigenvalue weighted by Crippen LogP contribution is -2.79. The van der Waals surface area contributed by atoms with Gasteiger partial charge in [0.2, 0.25) is 5.79 Å². The van der Waals surface area contributed by atoms with Crippen LogP contribution in [0.2, 0.25) is 0 Å². The summed E-state index contributed by atoms with van der Waals surface area (Å²) in [6.45, 7) is 5.29. The zero-order chi connectivity index (χ0) is 26.0. The maximum Gasteiger partial charge on any atom is 0.342 e. The quantitative estimate of drug-likeness (QED) is 0.382. The average Bonchev–Trinajstić information content (AvgIpc) is 3.16. The largest absolute Gasteiger partial charge is 0.458 e. The molecule has 0 unspecified atom stereocenters. The van der Waals surface area contributed by atoms with Crippen molar-refractivity contribution in [2.75, 3.05) is 6.61 Å². The Labute approximate surface area is 213 Å². The highest BCUT2D eigenvalue weighted by Gasteiger charge is 2.93. The van der Waals surface area contributed by atoms with Crippen LogP contribution in [0.15, 0.2) is 23.8 Å². The third-order valence-electron chi connectivity index (χ3n) is 12.0. The number of ether oxygens (including phenoxy) is 4.